The molecule has 4 rings (SSSR count). The fourth-order valence-corrected chi connectivity index (χ4v) is 4.31. The summed E-state index contributed by atoms with van der Waals surface area (Å²) < 4.78 is 91.7. The van der Waals surface area contributed by atoms with Gasteiger partial charge in [0.05, 0.1) is 11.6 Å². The van der Waals surface area contributed by atoms with Gasteiger partial charge in [-0.1, -0.05) is 13.3 Å². The lowest BCUT2D eigenvalue weighted by Gasteiger charge is -2.32. The molecule has 0 amide bonds. The lowest BCUT2D eigenvalue weighted by Crippen LogP contribution is -2.53. The Bertz CT molecular complexity index is 1130. The molecule has 2 aromatic rings. The first kappa shape index (κ1) is 21.5. The predicted octanol–water partition coefficient (Wildman–Crippen LogP) is 4.76. The fraction of sp³-hybridized carbons (Fsp3) is 0.381. The molecule has 31 heavy (non-hydrogen) atoms. The number of aliphatic hydroxyl groups excluding tert-OH is 1. The molecule has 0 heterocycles. The highest BCUT2D eigenvalue weighted by Gasteiger charge is 2.82. The monoisotopic (exact) mass is 443 g/mol. The van der Waals surface area contributed by atoms with E-state index in [1.54, 1.807) is 13.0 Å². The second kappa shape index (κ2) is 6.61. The zero-order valence-corrected chi connectivity index (χ0v) is 15.9. The highest BCUT2D eigenvalue weighted by molar-refractivity contribution is 5.62. The zero-order chi connectivity index (χ0) is 22.9. The highest BCUT2D eigenvalue weighted by atomic mass is 19.3. The van der Waals surface area contributed by atoms with Crippen molar-refractivity contribution in [2.75, 3.05) is 0 Å². The van der Waals surface area contributed by atoms with E-state index in [4.69, 9.17) is 4.74 Å². The summed E-state index contributed by atoms with van der Waals surface area (Å²) in [5.74, 6) is -11.7. The molecule has 0 unspecified atom stereocenters. The topological polar surface area (TPSA) is 73.5 Å². The maximum Gasteiger partial charge on any atom is 0.349 e. The van der Waals surface area contributed by atoms with Crippen molar-refractivity contribution in [3.63, 3.8) is 0 Å². The Kier molecular flexibility index (Phi) is 4.58. The van der Waals surface area contributed by atoms with E-state index < -0.39 is 58.0 Å². The van der Waals surface area contributed by atoms with Crippen LogP contribution in [-0.2, 0) is 17.9 Å². The number of ether oxygens (including phenoxy) is 1. The number of aliphatic hydroxyl groups is 2. The average molecular weight is 443 g/mol. The molecule has 10 heteroatoms. The van der Waals surface area contributed by atoms with E-state index in [1.807, 2.05) is 0 Å². The molecule has 0 bridgehead atoms. The molecule has 0 spiro atoms. The molecule has 164 valence electrons. The molecule has 2 N–H and O–H groups in total. The van der Waals surface area contributed by atoms with Crippen LogP contribution in [0.2, 0.25) is 0 Å². The number of nitrogens with zero attached hydrogens (tertiary/aromatic N) is 1. The van der Waals surface area contributed by atoms with Crippen LogP contribution in [0.15, 0.2) is 24.3 Å². The molecule has 2 aromatic carbocycles. The molecule has 4 nitrogen and oxygen atoms in total. The molecule has 0 aliphatic heterocycles. The van der Waals surface area contributed by atoms with Crippen molar-refractivity contribution >= 4 is 0 Å². The standard InChI is InChI=1S/C21H15F6NO3/c1-2-3-11-9(8-28)6-10(7-13(11)22)31-14-5-4-12-16-15(14)17(29)18(23)19(16,30)21(26,27)20(12,24)25/h4-7,17-18,29-30H,2-3H2,1H3/t17-,18+,19-/m0/s1. The first-order valence-corrected chi connectivity index (χ1v) is 9.31. The number of alkyl halides is 5. The summed E-state index contributed by atoms with van der Waals surface area (Å²) >= 11 is 0. The summed E-state index contributed by atoms with van der Waals surface area (Å²) in [4.78, 5) is 0. The van der Waals surface area contributed by atoms with E-state index >= 15 is 0 Å². The molecular weight excluding hydrogens is 428 g/mol. The molecule has 0 fully saturated rings. The first-order chi connectivity index (χ1) is 14.4. The number of nitriles is 1. The molecule has 2 aliphatic rings. The first-order valence-electron chi connectivity index (χ1n) is 9.31. The second-order valence-electron chi connectivity index (χ2n) is 7.56. The fourth-order valence-electron chi connectivity index (χ4n) is 4.31. The Morgan fingerprint density at radius 3 is 2.48 bits per heavy atom. The van der Waals surface area contributed by atoms with E-state index in [9.17, 15) is 41.8 Å². The van der Waals surface area contributed by atoms with E-state index in [0.29, 0.717) is 12.5 Å². The summed E-state index contributed by atoms with van der Waals surface area (Å²) in [6.45, 7) is 1.78. The Hall–Kier alpha value is -2.77. The Balaban J connectivity index is 1.87. The van der Waals surface area contributed by atoms with Gasteiger partial charge in [0.1, 0.15) is 23.4 Å². The molecule has 0 aromatic heterocycles. The SMILES string of the molecule is CCCc1c(F)cc(Oc2ccc3c4c2[C@H](O)[C@@H](F)[C@]4(O)C(F)(F)C3(F)F)cc1C#N. The van der Waals surface area contributed by atoms with Crippen LogP contribution in [0.1, 0.15) is 47.3 Å². The van der Waals surface area contributed by atoms with E-state index in [2.05, 4.69) is 0 Å². The van der Waals surface area contributed by atoms with Crippen LogP contribution in [0.4, 0.5) is 26.3 Å². The summed E-state index contributed by atoms with van der Waals surface area (Å²) in [7, 11) is 0. The second-order valence-corrected chi connectivity index (χ2v) is 7.56. The van der Waals surface area contributed by atoms with Crippen molar-refractivity contribution in [2.45, 2.75) is 49.5 Å². The van der Waals surface area contributed by atoms with Crippen LogP contribution in [-0.4, -0.2) is 22.3 Å². The molecule has 3 atom stereocenters. The lowest BCUT2D eigenvalue weighted by molar-refractivity contribution is -0.304. The van der Waals surface area contributed by atoms with Gasteiger partial charge in [0.25, 0.3) is 0 Å². The van der Waals surface area contributed by atoms with Crippen LogP contribution >= 0.6 is 0 Å². The largest absolute Gasteiger partial charge is 0.457 e. The normalized spacial score (nSPS) is 27.1. The van der Waals surface area contributed by atoms with Crippen LogP contribution in [0.3, 0.4) is 0 Å². The van der Waals surface area contributed by atoms with Crippen molar-refractivity contribution in [3.05, 3.63) is 57.9 Å². The van der Waals surface area contributed by atoms with Crippen molar-refractivity contribution in [2.24, 2.45) is 0 Å². The van der Waals surface area contributed by atoms with Crippen molar-refractivity contribution < 1.29 is 41.3 Å². The van der Waals surface area contributed by atoms with Crippen LogP contribution in [0.5, 0.6) is 11.5 Å². The van der Waals surface area contributed by atoms with Gasteiger partial charge in [0.15, 0.2) is 11.8 Å². The summed E-state index contributed by atoms with van der Waals surface area (Å²) in [6.07, 6.45) is -4.74. The quantitative estimate of drug-likeness (QED) is 0.669. The van der Waals surface area contributed by atoms with Crippen molar-refractivity contribution in [1.29, 1.82) is 5.26 Å². The third-order valence-electron chi connectivity index (χ3n) is 5.79. The van der Waals surface area contributed by atoms with Crippen molar-refractivity contribution in [3.8, 4) is 17.6 Å². The minimum absolute atomic E-state index is 0.0621. The van der Waals surface area contributed by atoms with Gasteiger partial charge in [0.2, 0.25) is 0 Å². The smallest absolute Gasteiger partial charge is 0.349 e. The minimum Gasteiger partial charge on any atom is -0.457 e. The molecule has 0 saturated carbocycles. The van der Waals surface area contributed by atoms with Crippen LogP contribution in [0, 0.1) is 17.1 Å². The third-order valence-corrected chi connectivity index (χ3v) is 5.79. The molecule has 2 aliphatic carbocycles. The Morgan fingerprint density at radius 1 is 1.19 bits per heavy atom. The number of hydrogen-bond acceptors (Lipinski definition) is 4. The maximum atomic E-state index is 14.6. The predicted molar refractivity (Wildman–Crippen MR) is 94.2 cm³/mol. The zero-order valence-electron chi connectivity index (χ0n) is 15.9. The van der Waals surface area contributed by atoms with Crippen LogP contribution in [0.25, 0.3) is 0 Å². The summed E-state index contributed by atoms with van der Waals surface area (Å²) in [6, 6.07) is 5.19. The summed E-state index contributed by atoms with van der Waals surface area (Å²) in [5, 5.41) is 29.7. The molecule has 0 saturated heterocycles. The Morgan fingerprint density at radius 2 is 1.87 bits per heavy atom. The third kappa shape index (κ3) is 2.50. The number of halogens is 6. The number of hydrogen-bond donors (Lipinski definition) is 2. The average Bonchev–Trinajstić information content (AvgIpc) is 2.99. The molecule has 0 radical (unpaired) electrons. The van der Waals surface area contributed by atoms with E-state index in [1.165, 1.54) is 0 Å². The molecular formula is C21H15F6NO3. The lowest BCUT2D eigenvalue weighted by atomic mass is 9.93. The van der Waals surface area contributed by atoms with Crippen LogP contribution < -0.4 is 4.74 Å². The summed E-state index contributed by atoms with van der Waals surface area (Å²) in [5.41, 5.74) is -7.15. The van der Waals surface area contributed by atoms with Gasteiger partial charge in [-0.3, -0.25) is 0 Å². The number of benzene rings is 2. The highest BCUT2D eigenvalue weighted by Crippen LogP contribution is 2.68. The van der Waals surface area contributed by atoms with Gasteiger partial charge < -0.3 is 14.9 Å². The van der Waals surface area contributed by atoms with E-state index in [0.717, 1.165) is 18.2 Å². The van der Waals surface area contributed by atoms with E-state index in [-0.39, 0.29) is 23.3 Å². The van der Waals surface area contributed by atoms with Gasteiger partial charge in [-0.15, -0.1) is 0 Å². The Labute approximate surface area is 172 Å². The van der Waals surface area contributed by atoms with Crippen molar-refractivity contribution in [1.82, 2.24) is 0 Å². The minimum atomic E-state index is -5.23. The van der Waals surface area contributed by atoms with Gasteiger partial charge >= 0.3 is 11.8 Å². The van der Waals surface area contributed by atoms with Gasteiger partial charge in [-0.05, 0) is 24.6 Å². The van der Waals surface area contributed by atoms with Gasteiger partial charge in [-0.25, -0.2) is 8.78 Å². The number of rotatable bonds is 4. The maximum absolute atomic E-state index is 14.6. The van der Waals surface area contributed by atoms with Gasteiger partial charge in [-0.2, -0.15) is 22.8 Å². The van der Waals surface area contributed by atoms with Gasteiger partial charge in [0, 0.05) is 28.3 Å².